The molecular weight excluding hydrogens is 757 g/mol. The summed E-state index contributed by atoms with van der Waals surface area (Å²) in [4.78, 5) is 37.8. The van der Waals surface area contributed by atoms with Crippen LogP contribution in [0.25, 0.3) is 0 Å². The molecule has 54 heavy (non-hydrogen) atoms. The molecule has 4 N–H and O–H groups in total. The Balaban J connectivity index is 1.55. The Bertz CT molecular complexity index is 2280. The number of aliphatic carboxylic acids is 2. The number of carboxylic acids is 2. The van der Waals surface area contributed by atoms with Crippen molar-refractivity contribution in [2.75, 3.05) is 18.0 Å². The van der Waals surface area contributed by atoms with E-state index in [9.17, 15) is 40.3 Å². The summed E-state index contributed by atoms with van der Waals surface area (Å²) in [7, 11) is -9.01. The SMILES string of the molecule is CC1(C)C(/C=C2/C(=O)C(/C=C3/N(CCCCCC(=O)O)c4ccc(S(=O)(=O)O)cc4C3(C)C)=C2[S-])=[N+](CCCCCC(=O)O)c2ccc(S(=O)(=O)O)cc21. The number of carbonyl (C=O) groups excluding carboxylic acids is 1. The van der Waals surface area contributed by atoms with Crippen LogP contribution in [0.3, 0.4) is 0 Å². The van der Waals surface area contributed by atoms with Crippen LogP contribution in [-0.4, -0.2) is 77.3 Å². The first-order valence-corrected chi connectivity index (χ1v) is 20.9. The van der Waals surface area contributed by atoms with Crippen LogP contribution in [0.4, 0.5) is 11.4 Å². The monoisotopic (exact) mass is 800 g/mol. The zero-order valence-electron chi connectivity index (χ0n) is 30.5. The molecule has 2 aromatic rings. The molecule has 290 valence electrons. The molecule has 13 nitrogen and oxygen atoms in total. The highest BCUT2D eigenvalue weighted by Crippen LogP contribution is 2.50. The van der Waals surface area contributed by atoms with E-state index >= 15 is 0 Å². The molecule has 3 aliphatic rings. The fourth-order valence-electron chi connectivity index (χ4n) is 7.45. The van der Waals surface area contributed by atoms with E-state index < -0.39 is 43.0 Å². The van der Waals surface area contributed by atoms with Gasteiger partial charge in [-0.1, -0.05) is 20.3 Å². The maximum absolute atomic E-state index is 14.0. The lowest BCUT2D eigenvalue weighted by Crippen LogP contribution is -2.32. The largest absolute Gasteiger partial charge is 0.778 e. The van der Waals surface area contributed by atoms with Crippen molar-refractivity contribution >= 4 is 67.7 Å². The second kappa shape index (κ2) is 15.1. The van der Waals surface area contributed by atoms with Crippen LogP contribution in [0.15, 0.2) is 80.1 Å². The molecule has 1 aliphatic carbocycles. The zero-order chi connectivity index (χ0) is 40.0. The lowest BCUT2D eigenvalue weighted by molar-refractivity contribution is -0.438. The molecular formula is C38H44N2O11S3. The average molecular weight is 801 g/mol. The van der Waals surface area contributed by atoms with Gasteiger partial charge in [0.1, 0.15) is 6.54 Å². The minimum absolute atomic E-state index is 0.0308. The Labute approximate surface area is 320 Å². The van der Waals surface area contributed by atoms with E-state index in [1.54, 1.807) is 24.3 Å². The van der Waals surface area contributed by atoms with Gasteiger partial charge >= 0.3 is 11.9 Å². The number of hydrogen-bond acceptors (Lipinski definition) is 9. The van der Waals surface area contributed by atoms with Crippen LogP contribution in [0, 0.1) is 0 Å². The number of anilines is 1. The first-order valence-electron chi connectivity index (χ1n) is 17.6. The highest BCUT2D eigenvalue weighted by atomic mass is 32.2. The highest BCUT2D eigenvalue weighted by Gasteiger charge is 2.47. The molecule has 5 rings (SSSR count). The van der Waals surface area contributed by atoms with Gasteiger partial charge in [0.25, 0.3) is 20.2 Å². The minimum atomic E-state index is -4.50. The molecule has 0 unspecified atom stereocenters. The number of allylic oxidation sites excluding steroid dienone is 5. The standard InChI is InChI=1S/C38H44N2O11S3/c1-37(2)27-19-23(53(46,47)48)13-15-29(27)39(17-9-5-7-11-33(41)42)31(37)21-25-35(45)26(36(25)52)22-32-38(3,4)28-20-24(54(49,50)51)14-16-30(28)40(32)18-10-6-8-12-34(43)44/h13-16,19-22H,5-12,17-18H2,1-4H3,(H4-,41,42,43,44,45,46,47,48,49,50,51,52). The van der Waals surface area contributed by atoms with Crippen molar-refractivity contribution in [2.24, 2.45) is 0 Å². The summed E-state index contributed by atoms with van der Waals surface area (Å²) in [6.07, 6.45) is 6.90. The molecule has 0 bridgehead atoms. The molecule has 0 atom stereocenters. The summed E-state index contributed by atoms with van der Waals surface area (Å²) in [6, 6.07) is 8.67. The molecule has 0 saturated carbocycles. The average Bonchev–Trinajstić information content (AvgIpc) is 3.41. The number of benzene rings is 2. The van der Waals surface area contributed by atoms with E-state index in [1.165, 1.54) is 24.3 Å². The van der Waals surface area contributed by atoms with Crippen LogP contribution in [0.1, 0.15) is 90.2 Å². The van der Waals surface area contributed by atoms with E-state index in [1.807, 2.05) is 37.2 Å². The van der Waals surface area contributed by atoms with Crippen LogP contribution in [0.5, 0.6) is 0 Å². The number of ketones is 1. The van der Waals surface area contributed by atoms with Crippen LogP contribution >= 0.6 is 0 Å². The Hall–Kier alpha value is -4.22. The molecule has 2 aromatic carbocycles. The van der Waals surface area contributed by atoms with Gasteiger partial charge < -0.3 is 27.7 Å². The number of carbonyl (C=O) groups is 3. The minimum Gasteiger partial charge on any atom is -0.778 e. The second-order valence-electron chi connectivity index (χ2n) is 14.8. The van der Waals surface area contributed by atoms with Crippen molar-refractivity contribution in [1.82, 2.24) is 0 Å². The maximum Gasteiger partial charge on any atom is 0.303 e. The van der Waals surface area contributed by atoms with Gasteiger partial charge in [0.15, 0.2) is 11.5 Å². The van der Waals surface area contributed by atoms with E-state index in [-0.39, 0.29) is 39.6 Å². The lowest BCUT2D eigenvalue weighted by atomic mass is 9.78. The first-order chi connectivity index (χ1) is 25.1. The maximum atomic E-state index is 14.0. The van der Waals surface area contributed by atoms with Gasteiger partial charge in [-0.3, -0.25) is 23.5 Å². The van der Waals surface area contributed by atoms with Crippen molar-refractivity contribution in [1.29, 1.82) is 0 Å². The molecule has 0 amide bonds. The Morgan fingerprint density at radius 2 is 1.33 bits per heavy atom. The summed E-state index contributed by atoms with van der Waals surface area (Å²) in [5.41, 5.74) is 2.87. The van der Waals surface area contributed by atoms with Crippen LogP contribution in [-0.2, 0) is 58.1 Å². The summed E-state index contributed by atoms with van der Waals surface area (Å²) in [6.45, 7) is 8.40. The zero-order valence-corrected chi connectivity index (χ0v) is 32.9. The van der Waals surface area contributed by atoms with Crippen molar-refractivity contribution in [3.05, 3.63) is 81.4 Å². The Kier molecular flexibility index (Phi) is 11.5. The van der Waals surface area contributed by atoms with Crippen molar-refractivity contribution < 1.29 is 55.1 Å². The van der Waals surface area contributed by atoms with Crippen molar-refractivity contribution in [3.63, 3.8) is 0 Å². The van der Waals surface area contributed by atoms with E-state index in [4.69, 9.17) is 22.8 Å². The molecule has 0 spiro atoms. The predicted octanol–water partition coefficient (Wildman–Crippen LogP) is 5.84. The van der Waals surface area contributed by atoms with Gasteiger partial charge in [0, 0.05) is 71.5 Å². The molecule has 0 aromatic heterocycles. The number of nitrogens with zero attached hydrogens (tertiary/aromatic N) is 2. The molecule has 2 heterocycles. The number of unbranched alkanes of at least 4 members (excludes halogenated alkanes) is 4. The first kappa shape index (κ1) is 41.0. The molecule has 0 radical (unpaired) electrons. The van der Waals surface area contributed by atoms with E-state index in [0.29, 0.717) is 90.4 Å². The summed E-state index contributed by atoms with van der Waals surface area (Å²) < 4.78 is 69.8. The van der Waals surface area contributed by atoms with Gasteiger partial charge in [-0.25, -0.2) is 0 Å². The predicted molar refractivity (Wildman–Crippen MR) is 203 cm³/mol. The number of hydrogen-bond donors (Lipinski definition) is 4. The summed E-state index contributed by atoms with van der Waals surface area (Å²) >= 11 is 5.85. The number of carboxylic acid groups (broad SMARTS) is 2. The highest BCUT2D eigenvalue weighted by molar-refractivity contribution is 7.86. The summed E-state index contributed by atoms with van der Waals surface area (Å²) in [5, 5.41) is 18.1. The normalized spacial score (nSPS) is 19.1. The topological polar surface area (TPSA) is 207 Å². The van der Waals surface area contributed by atoms with E-state index in [0.717, 1.165) is 0 Å². The molecule has 2 aliphatic heterocycles. The second-order valence-corrected chi connectivity index (χ2v) is 18.1. The lowest BCUT2D eigenvalue weighted by Gasteiger charge is -2.33. The number of fused-ring (bicyclic) bond motifs is 2. The van der Waals surface area contributed by atoms with Gasteiger partial charge in [-0.2, -0.15) is 26.3 Å². The van der Waals surface area contributed by atoms with Gasteiger partial charge in [-0.05, 0) is 81.5 Å². The summed E-state index contributed by atoms with van der Waals surface area (Å²) in [5.74, 6) is -2.09. The fourth-order valence-corrected chi connectivity index (χ4v) is 8.76. The van der Waals surface area contributed by atoms with Crippen molar-refractivity contribution in [2.45, 2.75) is 99.7 Å². The Morgan fingerprint density at radius 1 is 0.778 bits per heavy atom. The third-order valence-corrected chi connectivity index (χ3v) is 12.5. The van der Waals surface area contributed by atoms with Gasteiger partial charge in [-0.15, -0.1) is 0 Å². The third-order valence-electron chi connectivity index (χ3n) is 10.4. The quantitative estimate of drug-likeness (QED) is 0.0519. The molecule has 0 saturated heterocycles. The van der Waals surface area contributed by atoms with Crippen molar-refractivity contribution in [3.8, 4) is 0 Å². The van der Waals surface area contributed by atoms with Gasteiger partial charge in [0.2, 0.25) is 5.69 Å². The van der Waals surface area contributed by atoms with Gasteiger partial charge in [0.05, 0.1) is 15.2 Å². The molecule has 0 fully saturated rings. The van der Waals surface area contributed by atoms with Crippen LogP contribution in [0.2, 0.25) is 0 Å². The molecule has 16 heteroatoms. The van der Waals surface area contributed by atoms with Crippen LogP contribution < -0.4 is 4.90 Å². The van der Waals surface area contributed by atoms with E-state index in [2.05, 4.69) is 0 Å². The smallest absolute Gasteiger partial charge is 0.303 e. The number of Topliss-reactive ketones (excluding diaryl/α,β-unsaturated/α-hetero) is 1. The Morgan fingerprint density at radius 3 is 1.89 bits per heavy atom. The fraction of sp³-hybridized carbons (Fsp3) is 0.421. The number of rotatable bonds is 16. The third kappa shape index (κ3) is 8.08.